The molecule has 0 aromatic heterocycles. The Bertz CT molecular complexity index is 329. The minimum Gasteiger partial charge on any atom is -0.508 e. The lowest BCUT2D eigenvalue weighted by atomic mass is 9.97. The van der Waals surface area contributed by atoms with Gasteiger partial charge in [0.25, 0.3) is 0 Å². The molecular formula is C11H15Br2NO. The predicted octanol–water partition coefficient (Wildman–Crippen LogP) is 3.96. The van der Waals surface area contributed by atoms with E-state index in [1.165, 1.54) is 0 Å². The summed E-state index contributed by atoms with van der Waals surface area (Å²) in [4.78, 5) is 0. The Labute approximate surface area is 107 Å². The van der Waals surface area contributed by atoms with Gasteiger partial charge in [-0.1, -0.05) is 45.7 Å². The van der Waals surface area contributed by atoms with Crippen molar-refractivity contribution in [3.8, 4) is 5.75 Å². The molecule has 0 spiro atoms. The van der Waals surface area contributed by atoms with Crippen LogP contribution in [0.2, 0.25) is 0 Å². The lowest BCUT2D eigenvalue weighted by Crippen LogP contribution is -2.13. The highest BCUT2D eigenvalue weighted by Crippen LogP contribution is 2.36. The van der Waals surface area contributed by atoms with Crippen LogP contribution in [0.1, 0.15) is 31.9 Å². The van der Waals surface area contributed by atoms with E-state index >= 15 is 0 Å². The van der Waals surface area contributed by atoms with Crippen molar-refractivity contribution in [1.29, 1.82) is 0 Å². The smallest absolute Gasteiger partial charge is 0.122 e. The molecular weight excluding hydrogens is 322 g/mol. The number of rotatable bonds is 3. The van der Waals surface area contributed by atoms with Gasteiger partial charge in [0.05, 0.1) is 0 Å². The number of halogens is 2. The topological polar surface area (TPSA) is 46.2 Å². The zero-order valence-electron chi connectivity index (χ0n) is 8.80. The molecule has 0 bridgehead atoms. The van der Waals surface area contributed by atoms with Crippen LogP contribution in [0.4, 0.5) is 0 Å². The minimum absolute atomic E-state index is 0.132. The van der Waals surface area contributed by atoms with E-state index in [1.54, 1.807) is 6.07 Å². The maximum Gasteiger partial charge on any atom is 0.122 e. The Morgan fingerprint density at radius 3 is 2.40 bits per heavy atom. The van der Waals surface area contributed by atoms with E-state index in [2.05, 4.69) is 45.7 Å². The summed E-state index contributed by atoms with van der Waals surface area (Å²) in [5.41, 5.74) is 6.83. The first kappa shape index (κ1) is 13.0. The highest BCUT2D eigenvalue weighted by Gasteiger charge is 2.16. The summed E-state index contributed by atoms with van der Waals surface area (Å²) < 4.78 is 1.69. The Morgan fingerprint density at radius 1 is 1.33 bits per heavy atom. The van der Waals surface area contributed by atoms with Crippen LogP contribution in [0.5, 0.6) is 5.75 Å². The molecule has 1 aromatic rings. The molecule has 1 aromatic carbocycles. The fraction of sp³-hybridized carbons (Fsp3) is 0.455. The van der Waals surface area contributed by atoms with Gasteiger partial charge < -0.3 is 10.8 Å². The third kappa shape index (κ3) is 3.47. The fourth-order valence-electron chi connectivity index (χ4n) is 1.56. The van der Waals surface area contributed by atoms with Gasteiger partial charge >= 0.3 is 0 Å². The SMILES string of the molecule is CC(C)C[C@H](N)c1c(O)cc(Br)cc1Br. The number of phenolic OH excluding ortho intramolecular Hbond substituents is 1. The van der Waals surface area contributed by atoms with Crippen LogP contribution < -0.4 is 5.73 Å². The molecule has 84 valence electrons. The molecule has 0 heterocycles. The monoisotopic (exact) mass is 335 g/mol. The van der Waals surface area contributed by atoms with Gasteiger partial charge in [-0.25, -0.2) is 0 Å². The lowest BCUT2D eigenvalue weighted by Gasteiger charge is -2.17. The van der Waals surface area contributed by atoms with Crippen molar-refractivity contribution in [3.05, 3.63) is 26.6 Å². The summed E-state index contributed by atoms with van der Waals surface area (Å²) in [6.45, 7) is 4.23. The van der Waals surface area contributed by atoms with Crippen molar-refractivity contribution >= 4 is 31.9 Å². The van der Waals surface area contributed by atoms with Crippen molar-refractivity contribution in [3.63, 3.8) is 0 Å². The Kier molecular flexibility index (Phi) is 4.62. The van der Waals surface area contributed by atoms with E-state index in [-0.39, 0.29) is 11.8 Å². The van der Waals surface area contributed by atoms with Gasteiger partial charge in [-0.15, -0.1) is 0 Å². The van der Waals surface area contributed by atoms with Gasteiger partial charge in [0.2, 0.25) is 0 Å². The summed E-state index contributed by atoms with van der Waals surface area (Å²) in [5, 5.41) is 9.82. The largest absolute Gasteiger partial charge is 0.508 e. The van der Waals surface area contributed by atoms with Crippen LogP contribution in [0, 0.1) is 5.92 Å². The van der Waals surface area contributed by atoms with Gasteiger partial charge in [0, 0.05) is 20.6 Å². The summed E-state index contributed by atoms with van der Waals surface area (Å²) in [7, 11) is 0. The van der Waals surface area contributed by atoms with Gasteiger partial charge in [0.1, 0.15) is 5.75 Å². The second-order valence-corrected chi connectivity index (χ2v) is 5.83. The van der Waals surface area contributed by atoms with Crippen molar-refractivity contribution in [2.45, 2.75) is 26.3 Å². The van der Waals surface area contributed by atoms with E-state index in [0.29, 0.717) is 5.92 Å². The highest BCUT2D eigenvalue weighted by molar-refractivity contribution is 9.11. The number of hydrogen-bond acceptors (Lipinski definition) is 2. The minimum atomic E-state index is -0.132. The van der Waals surface area contributed by atoms with Crippen molar-refractivity contribution in [2.75, 3.05) is 0 Å². The molecule has 0 saturated carbocycles. The first-order valence-electron chi connectivity index (χ1n) is 4.85. The fourth-order valence-corrected chi connectivity index (χ4v) is 3.06. The second kappa shape index (κ2) is 5.32. The van der Waals surface area contributed by atoms with E-state index in [9.17, 15) is 5.11 Å². The molecule has 0 aliphatic heterocycles. The molecule has 0 amide bonds. The molecule has 1 atom stereocenters. The summed E-state index contributed by atoms with van der Waals surface area (Å²) >= 11 is 6.73. The Morgan fingerprint density at radius 2 is 1.93 bits per heavy atom. The second-order valence-electron chi connectivity index (χ2n) is 4.06. The normalized spacial score (nSPS) is 13.2. The van der Waals surface area contributed by atoms with Gasteiger partial charge in [-0.3, -0.25) is 0 Å². The van der Waals surface area contributed by atoms with Crippen LogP contribution in [-0.2, 0) is 0 Å². The molecule has 0 radical (unpaired) electrons. The number of benzene rings is 1. The molecule has 0 unspecified atom stereocenters. The number of aromatic hydroxyl groups is 1. The standard InChI is InChI=1S/C11H15Br2NO/c1-6(2)3-9(14)11-8(13)4-7(12)5-10(11)15/h4-6,9,15H,3,14H2,1-2H3/t9-/m0/s1. The Balaban J connectivity index is 3.03. The van der Waals surface area contributed by atoms with Crippen molar-refractivity contribution < 1.29 is 5.11 Å². The average Bonchev–Trinajstić information content (AvgIpc) is 1.99. The Hall–Kier alpha value is -0.0600. The molecule has 0 fully saturated rings. The van der Waals surface area contributed by atoms with Crippen LogP contribution >= 0.6 is 31.9 Å². The molecule has 15 heavy (non-hydrogen) atoms. The van der Waals surface area contributed by atoms with Gasteiger partial charge in [-0.2, -0.15) is 0 Å². The number of phenols is 1. The zero-order valence-corrected chi connectivity index (χ0v) is 12.0. The molecule has 1 rings (SSSR count). The first-order chi connectivity index (χ1) is 6.91. The van der Waals surface area contributed by atoms with Crippen molar-refractivity contribution in [2.24, 2.45) is 11.7 Å². The van der Waals surface area contributed by atoms with E-state index in [1.807, 2.05) is 6.07 Å². The molecule has 2 nitrogen and oxygen atoms in total. The molecule has 3 N–H and O–H groups in total. The first-order valence-corrected chi connectivity index (χ1v) is 6.44. The summed E-state index contributed by atoms with van der Waals surface area (Å²) in [5.74, 6) is 0.749. The summed E-state index contributed by atoms with van der Waals surface area (Å²) in [6, 6.07) is 3.43. The zero-order chi connectivity index (χ0) is 11.6. The van der Waals surface area contributed by atoms with Gasteiger partial charge in [-0.05, 0) is 24.5 Å². The quantitative estimate of drug-likeness (QED) is 0.877. The highest BCUT2D eigenvalue weighted by atomic mass is 79.9. The lowest BCUT2D eigenvalue weighted by molar-refractivity contribution is 0.444. The molecule has 0 saturated heterocycles. The molecule has 4 heteroatoms. The van der Waals surface area contributed by atoms with Crippen LogP contribution in [0.25, 0.3) is 0 Å². The van der Waals surface area contributed by atoms with E-state index < -0.39 is 0 Å². The van der Waals surface area contributed by atoms with E-state index in [4.69, 9.17) is 5.73 Å². The summed E-state index contributed by atoms with van der Waals surface area (Å²) in [6.07, 6.45) is 0.855. The third-order valence-electron chi connectivity index (χ3n) is 2.17. The third-order valence-corrected chi connectivity index (χ3v) is 3.28. The average molecular weight is 337 g/mol. The van der Waals surface area contributed by atoms with E-state index in [0.717, 1.165) is 20.9 Å². The molecule has 0 aliphatic carbocycles. The molecule has 0 aliphatic rings. The number of nitrogens with two attached hydrogens (primary N) is 1. The maximum atomic E-state index is 9.82. The predicted molar refractivity (Wildman–Crippen MR) is 69.9 cm³/mol. The van der Waals surface area contributed by atoms with Gasteiger partial charge in [0.15, 0.2) is 0 Å². The van der Waals surface area contributed by atoms with Crippen LogP contribution in [-0.4, -0.2) is 5.11 Å². The van der Waals surface area contributed by atoms with Crippen molar-refractivity contribution in [1.82, 2.24) is 0 Å². The number of hydrogen-bond donors (Lipinski definition) is 2. The van der Waals surface area contributed by atoms with Crippen LogP contribution in [0.15, 0.2) is 21.1 Å². The maximum absolute atomic E-state index is 9.82. The van der Waals surface area contributed by atoms with Crippen LogP contribution in [0.3, 0.4) is 0 Å².